The second-order valence-electron chi connectivity index (χ2n) is 6.88. The minimum atomic E-state index is 0.182. The van der Waals surface area contributed by atoms with Gasteiger partial charge in [-0.3, -0.25) is 0 Å². The summed E-state index contributed by atoms with van der Waals surface area (Å²) in [7, 11) is 0. The predicted molar refractivity (Wildman–Crippen MR) is 107 cm³/mol. The van der Waals surface area contributed by atoms with Gasteiger partial charge < -0.3 is 14.6 Å². The number of aromatic amines is 1. The minimum Gasteiger partial charge on any atom is -0.507 e. The van der Waals surface area contributed by atoms with Gasteiger partial charge in [-0.2, -0.15) is 0 Å². The fourth-order valence-corrected chi connectivity index (χ4v) is 3.70. The average Bonchev–Trinajstić information content (AvgIpc) is 3.13. The van der Waals surface area contributed by atoms with Crippen molar-refractivity contribution < 1.29 is 9.63 Å². The minimum absolute atomic E-state index is 0.182. The van der Waals surface area contributed by atoms with Crippen molar-refractivity contribution in [3.8, 4) is 16.9 Å². The first-order valence-electron chi connectivity index (χ1n) is 9.04. The zero-order chi connectivity index (χ0) is 19.3. The number of hydrogen-bond donors (Lipinski definition) is 2. The zero-order valence-corrected chi connectivity index (χ0v) is 16.1. The highest BCUT2D eigenvalue weighted by Gasteiger charge is 2.20. The van der Waals surface area contributed by atoms with E-state index < -0.39 is 0 Å². The Hall–Kier alpha value is -3.15. The molecule has 1 aromatic carbocycles. The SMILES string of the molecule is CCC=C(C)c1nc(C)nc2[nH]c3cc(-c4c(C)noc4C)c(O)cc3c12. The lowest BCUT2D eigenvalue weighted by atomic mass is 10.00. The number of phenolic OH excluding ortho intramolecular Hbond substituents is 1. The van der Waals surface area contributed by atoms with Gasteiger partial charge in [0.25, 0.3) is 0 Å². The maximum absolute atomic E-state index is 10.8. The van der Waals surface area contributed by atoms with Crippen molar-refractivity contribution in [2.75, 3.05) is 0 Å². The number of aryl methyl sites for hydroxylation is 3. The molecule has 0 saturated carbocycles. The highest BCUT2D eigenvalue weighted by Crippen LogP contribution is 2.40. The molecule has 0 unspecified atom stereocenters. The summed E-state index contributed by atoms with van der Waals surface area (Å²) in [6.45, 7) is 9.76. The Balaban J connectivity index is 2.07. The van der Waals surface area contributed by atoms with Crippen LogP contribution in [0, 0.1) is 20.8 Å². The third kappa shape index (κ3) is 2.68. The smallest absolute Gasteiger partial charge is 0.142 e. The van der Waals surface area contributed by atoms with Gasteiger partial charge in [-0.15, -0.1) is 0 Å². The lowest BCUT2D eigenvalue weighted by molar-refractivity contribution is 0.393. The van der Waals surface area contributed by atoms with Crippen LogP contribution in [0.15, 0.2) is 22.7 Å². The number of nitrogens with zero attached hydrogens (tertiary/aromatic N) is 3. The van der Waals surface area contributed by atoms with Gasteiger partial charge in [-0.25, -0.2) is 9.97 Å². The fourth-order valence-electron chi connectivity index (χ4n) is 3.70. The third-order valence-corrected chi connectivity index (χ3v) is 4.87. The molecule has 2 N–H and O–H groups in total. The lowest BCUT2D eigenvalue weighted by Crippen LogP contribution is -1.95. The number of nitrogens with one attached hydrogen (secondary N) is 1. The molecular weight excluding hydrogens is 340 g/mol. The number of allylic oxidation sites excluding steroid dienone is 2. The molecule has 3 aromatic heterocycles. The molecule has 0 atom stereocenters. The molecule has 3 heterocycles. The number of aromatic nitrogens is 4. The van der Waals surface area contributed by atoms with Crippen LogP contribution in [0.4, 0.5) is 0 Å². The molecule has 4 rings (SSSR count). The molecule has 0 bridgehead atoms. The molecule has 0 radical (unpaired) electrons. The summed E-state index contributed by atoms with van der Waals surface area (Å²) >= 11 is 0. The van der Waals surface area contributed by atoms with Crippen LogP contribution >= 0.6 is 0 Å². The maximum atomic E-state index is 10.8. The number of H-pyrrole nitrogens is 1. The third-order valence-electron chi connectivity index (χ3n) is 4.87. The Morgan fingerprint density at radius 2 is 2.00 bits per heavy atom. The van der Waals surface area contributed by atoms with E-state index in [0.717, 1.165) is 50.9 Å². The van der Waals surface area contributed by atoms with Crippen LogP contribution < -0.4 is 0 Å². The molecule has 0 aliphatic rings. The Labute approximate surface area is 156 Å². The molecule has 4 aromatic rings. The van der Waals surface area contributed by atoms with E-state index in [0.29, 0.717) is 17.1 Å². The summed E-state index contributed by atoms with van der Waals surface area (Å²) in [5.74, 6) is 1.57. The topological polar surface area (TPSA) is 87.8 Å². The largest absolute Gasteiger partial charge is 0.507 e. The Morgan fingerprint density at radius 1 is 1.22 bits per heavy atom. The lowest BCUT2D eigenvalue weighted by Gasteiger charge is -2.07. The number of fused-ring (bicyclic) bond motifs is 3. The van der Waals surface area contributed by atoms with Gasteiger partial charge >= 0.3 is 0 Å². The number of aromatic hydroxyl groups is 1. The maximum Gasteiger partial charge on any atom is 0.142 e. The Morgan fingerprint density at radius 3 is 2.67 bits per heavy atom. The van der Waals surface area contributed by atoms with E-state index in [1.165, 1.54) is 0 Å². The second kappa shape index (κ2) is 6.23. The average molecular weight is 362 g/mol. The summed E-state index contributed by atoms with van der Waals surface area (Å²) in [5.41, 5.74) is 5.92. The van der Waals surface area contributed by atoms with Crippen LogP contribution in [0.2, 0.25) is 0 Å². The van der Waals surface area contributed by atoms with Crippen molar-refractivity contribution in [3.05, 3.63) is 41.2 Å². The molecule has 138 valence electrons. The summed E-state index contributed by atoms with van der Waals surface area (Å²) < 4.78 is 5.27. The first kappa shape index (κ1) is 17.3. The predicted octanol–water partition coefficient (Wildman–Crippen LogP) is 5.21. The number of rotatable bonds is 3. The van der Waals surface area contributed by atoms with Crippen molar-refractivity contribution in [1.82, 2.24) is 20.1 Å². The fraction of sp³-hybridized carbons (Fsp3) is 0.286. The van der Waals surface area contributed by atoms with Crippen LogP contribution in [-0.4, -0.2) is 25.2 Å². The van der Waals surface area contributed by atoms with Gasteiger partial charge in [0.05, 0.1) is 22.3 Å². The van der Waals surface area contributed by atoms with Gasteiger partial charge in [0.2, 0.25) is 0 Å². The quantitative estimate of drug-likeness (QED) is 0.522. The van der Waals surface area contributed by atoms with E-state index in [4.69, 9.17) is 4.52 Å². The number of benzene rings is 1. The van der Waals surface area contributed by atoms with E-state index in [9.17, 15) is 5.11 Å². The van der Waals surface area contributed by atoms with Crippen molar-refractivity contribution in [1.29, 1.82) is 0 Å². The first-order chi connectivity index (χ1) is 12.9. The zero-order valence-electron chi connectivity index (χ0n) is 16.1. The summed E-state index contributed by atoms with van der Waals surface area (Å²) in [4.78, 5) is 12.6. The van der Waals surface area contributed by atoms with E-state index in [1.807, 2.05) is 26.8 Å². The van der Waals surface area contributed by atoms with E-state index in [-0.39, 0.29) is 5.75 Å². The first-order valence-corrected chi connectivity index (χ1v) is 9.04. The van der Waals surface area contributed by atoms with Gasteiger partial charge in [-0.05, 0) is 51.8 Å². The summed E-state index contributed by atoms with van der Waals surface area (Å²) in [6, 6.07) is 3.70. The molecule has 6 nitrogen and oxygen atoms in total. The Kier molecular flexibility index (Phi) is 3.98. The van der Waals surface area contributed by atoms with Crippen molar-refractivity contribution >= 4 is 27.5 Å². The highest BCUT2D eigenvalue weighted by molar-refractivity contribution is 6.11. The molecule has 27 heavy (non-hydrogen) atoms. The number of hydrogen-bond acceptors (Lipinski definition) is 5. The molecule has 6 heteroatoms. The molecule has 0 aliphatic heterocycles. The van der Waals surface area contributed by atoms with Gasteiger partial charge in [0.15, 0.2) is 0 Å². The monoisotopic (exact) mass is 362 g/mol. The highest BCUT2D eigenvalue weighted by atomic mass is 16.5. The van der Waals surface area contributed by atoms with Crippen LogP contribution in [0.5, 0.6) is 5.75 Å². The summed E-state index contributed by atoms with van der Waals surface area (Å²) in [5, 5.41) is 16.6. The van der Waals surface area contributed by atoms with Crippen molar-refractivity contribution in [3.63, 3.8) is 0 Å². The van der Waals surface area contributed by atoms with Crippen LogP contribution in [0.1, 0.15) is 43.2 Å². The molecule has 0 fully saturated rings. The van der Waals surface area contributed by atoms with E-state index in [2.05, 4.69) is 40.0 Å². The van der Waals surface area contributed by atoms with Gasteiger partial charge in [0.1, 0.15) is 23.0 Å². The van der Waals surface area contributed by atoms with Gasteiger partial charge in [0, 0.05) is 16.5 Å². The molecule has 0 saturated heterocycles. The molecule has 0 amide bonds. The van der Waals surface area contributed by atoms with Crippen molar-refractivity contribution in [2.24, 2.45) is 0 Å². The van der Waals surface area contributed by atoms with Crippen molar-refractivity contribution in [2.45, 2.75) is 41.0 Å². The van der Waals surface area contributed by atoms with Gasteiger partial charge in [-0.1, -0.05) is 18.2 Å². The normalized spacial score (nSPS) is 12.4. The van der Waals surface area contributed by atoms with E-state index >= 15 is 0 Å². The summed E-state index contributed by atoms with van der Waals surface area (Å²) in [6.07, 6.45) is 3.08. The molecule has 0 aliphatic carbocycles. The Bertz CT molecular complexity index is 1190. The second-order valence-corrected chi connectivity index (χ2v) is 6.88. The van der Waals surface area contributed by atoms with Crippen LogP contribution in [0.25, 0.3) is 38.6 Å². The van der Waals surface area contributed by atoms with E-state index in [1.54, 1.807) is 6.07 Å². The molecular formula is C21H22N4O2. The molecule has 0 spiro atoms. The van der Waals surface area contributed by atoms with Crippen LogP contribution in [-0.2, 0) is 0 Å². The van der Waals surface area contributed by atoms with Crippen LogP contribution in [0.3, 0.4) is 0 Å². The number of phenols is 1. The standard InChI is InChI=1S/C21H22N4O2/c1-6-7-10(2)20-19-14-9-17(26)15(18-11(3)25-27-12(18)4)8-16(14)24-21(19)23-13(5)22-20/h7-9,26H,6H2,1-5H3,(H,22,23,24).